The molecular formula is C11H14N2OS. The first-order valence-electron chi connectivity index (χ1n) is 4.96. The van der Waals surface area contributed by atoms with E-state index >= 15 is 0 Å². The number of aromatic amines is 1. The van der Waals surface area contributed by atoms with Gasteiger partial charge in [0.25, 0.3) is 0 Å². The van der Waals surface area contributed by atoms with Crippen LogP contribution < -0.4 is 0 Å². The summed E-state index contributed by atoms with van der Waals surface area (Å²) < 4.78 is 4.99. The number of rotatable bonds is 5. The molecule has 4 heteroatoms. The normalized spacial score (nSPS) is 11.0. The van der Waals surface area contributed by atoms with E-state index in [1.807, 2.05) is 24.3 Å². The smallest absolute Gasteiger partial charge is 0.166 e. The minimum Gasteiger partial charge on any atom is -0.385 e. The Bertz CT molecular complexity index is 394. The van der Waals surface area contributed by atoms with Gasteiger partial charge < -0.3 is 9.72 Å². The Labute approximate surface area is 93.2 Å². The van der Waals surface area contributed by atoms with Crippen LogP contribution in [0.2, 0.25) is 0 Å². The lowest BCUT2D eigenvalue weighted by atomic mass is 10.3. The third-order valence-electron chi connectivity index (χ3n) is 2.10. The Morgan fingerprint density at radius 2 is 2.27 bits per heavy atom. The Balaban J connectivity index is 1.97. The van der Waals surface area contributed by atoms with E-state index in [9.17, 15) is 0 Å². The van der Waals surface area contributed by atoms with Gasteiger partial charge in [0.2, 0.25) is 0 Å². The molecule has 1 aromatic carbocycles. The number of nitrogens with zero attached hydrogens (tertiary/aromatic N) is 1. The molecular weight excluding hydrogens is 208 g/mol. The van der Waals surface area contributed by atoms with E-state index in [1.54, 1.807) is 18.9 Å². The summed E-state index contributed by atoms with van der Waals surface area (Å²) in [5.74, 6) is 1.04. The van der Waals surface area contributed by atoms with Crippen molar-refractivity contribution >= 4 is 22.8 Å². The van der Waals surface area contributed by atoms with Crippen LogP contribution in [0.15, 0.2) is 29.4 Å². The minimum atomic E-state index is 0.813. The molecule has 0 bridgehead atoms. The predicted molar refractivity (Wildman–Crippen MR) is 63.3 cm³/mol. The van der Waals surface area contributed by atoms with E-state index in [2.05, 4.69) is 9.97 Å². The molecule has 3 nitrogen and oxygen atoms in total. The number of aromatic nitrogens is 2. The van der Waals surface area contributed by atoms with Gasteiger partial charge in [0.05, 0.1) is 11.0 Å². The fraction of sp³-hybridized carbons (Fsp3) is 0.364. The third-order valence-corrected chi connectivity index (χ3v) is 3.06. The first-order chi connectivity index (χ1) is 7.40. The zero-order valence-electron chi connectivity index (χ0n) is 8.69. The van der Waals surface area contributed by atoms with E-state index < -0.39 is 0 Å². The number of ether oxygens (including phenoxy) is 1. The quantitative estimate of drug-likeness (QED) is 0.624. The summed E-state index contributed by atoms with van der Waals surface area (Å²) in [5, 5.41) is 0.993. The van der Waals surface area contributed by atoms with Crippen molar-refractivity contribution in [3.05, 3.63) is 24.3 Å². The molecule has 0 amide bonds. The molecule has 0 atom stereocenters. The molecule has 1 N–H and O–H groups in total. The fourth-order valence-electron chi connectivity index (χ4n) is 1.37. The molecule has 0 spiro atoms. The molecule has 1 aromatic heterocycles. The molecule has 0 saturated heterocycles. The van der Waals surface area contributed by atoms with Crippen LogP contribution in [0.5, 0.6) is 0 Å². The van der Waals surface area contributed by atoms with Gasteiger partial charge in [-0.15, -0.1) is 0 Å². The van der Waals surface area contributed by atoms with Crippen LogP contribution in [0.4, 0.5) is 0 Å². The topological polar surface area (TPSA) is 37.9 Å². The maximum atomic E-state index is 4.99. The lowest BCUT2D eigenvalue weighted by Gasteiger charge is -1.96. The number of imidazole rings is 1. The number of fused-ring (bicyclic) bond motifs is 1. The number of para-hydroxylation sites is 2. The largest absolute Gasteiger partial charge is 0.385 e. The lowest BCUT2D eigenvalue weighted by Crippen LogP contribution is -1.90. The first kappa shape index (κ1) is 10.5. The molecule has 15 heavy (non-hydrogen) atoms. The van der Waals surface area contributed by atoms with Gasteiger partial charge in [-0.25, -0.2) is 4.98 Å². The van der Waals surface area contributed by atoms with Gasteiger partial charge in [-0.2, -0.15) is 0 Å². The molecule has 0 aliphatic carbocycles. The maximum Gasteiger partial charge on any atom is 0.166 e. The van der Waals surface area contributed by atoms with Crippen molar-refractivity contribution in [3.63, 3.8) is 0 Å². The van der Waals surface area contributed by atoms with E-state index in [4.69, 9.17) is 4.74 Å². The van der Waals surface area contributed by atoms with Crippen molar-refractivity contribution in [3.8, 4) is 0 Å². The second-order valence-corrected chi connectivity index (χ2v) is 4.34. The summed E-state index contributed by atoms with van der Waals surface area (Å²) in [6.45, 7) is 0.813. The van der Waals surface area contributed by atoms with E-state index in [0.29, 0.717) is 0 Å². The van der Waals surface area contributed by atoms with E-state index in [1.165, 1.54) is 0 Å². The Morgan fingerprint density at radius 1 is 1.40 bits per heavy atom. The lowest BCUT2D eigenvalue weighted by molar-refractivity contribution is 0.200. The van der Waals surface area contributed by atoms with Gasteiger partial charge in [-0.1, -0.05) is 23.9 Å². The van der Waals surface area contributed by atoms with Gasteiger partial charge in [0.1, 0.15) is 0 Å². The van der Waals surface area contributed by atoms with Crippen LogP contribution in [0.25, 0.3) is 11.0 Å². The molecule has 80 valence electrons. The van der Waals surface area contributed by atoms with Crippen LogP contribution in [0, 0.1) is 0 Å². The average molecular weight is 222 g/mol. The molecule has 0 fully saturated rings. The SMILES string of the molecule is COCCCSc1nc2ccccc2[nH]1. The van der Waals surface area contributed by atoms with Crippen LogP contribution in [0.1, 0.15) is 6.42 Å². The maximum absolute atomic E-state index is 4.99. The van der Waals surface area contributed by atoms with Crippen LogP contribution >= 0.6 is 11.8 Å². The Hall–Kier alpha value is -1.00. The minimum absolute atomic E-state index is 0.813. The summed E-state index contributed by atoms with van der Waals surface area (Å²) in [5.41, 5.74) is 2.14. The fourth-order valence-corrected chi connectivity index (χ4v) is 2.17. The summed E-state index contributed by atoms with van der Waals surface area (Å²) in [7, 11) is 1.73. The first-order valence-corrected chi connectivity index (χ1v) is 5.95. The molecule has 0 aliphatic heterocycles. The number of hydrogen-bond acceptors (Lipinski definition) is 3. The van der Waals surface area contributed by atoms with E-state index in [0.717, 1.165) is 35.0 Å². The number of thioether (sulfide) groups is 1. The monoisotopic (exact) mass is 222 g/mol. The Morgan fingerprint density at radius 3 is 3.07 bits per heavy atom. The standard InChI is InChI=1S/C11H14N2OS/c1-14-7-4-8-15-11-12-9-5-2-3-6-10(9)13-11/h2-3,5-6H,4,7-8H2,1H3,(H,12,13). The van der Waals surface area contributed by atoms with Gasteiger partial charge in [0, 0.05) is 19.5 Å². The van der Waals surface area contributed by atoms with Crippen molar-refractivity contribution in [1.29, 1.82) is 0 Å². The number of hydrogen-bond donors (Lipinski definition) is 1. The second-order valence-electron chi connectivity index (χ2n) is 3.25. The van der Waals surface area contributed by atoms with E-state index in [-0.39, 0.29) is 0 Å². The van der Waals surface area contributed by atoms with Crippen molar-refractivity contribution in [2.24, 2.45) is 0 Å². The van der Waals surface area contributed by atoms with Crippen molar-refractivity contribution in [2.45, 2.75) is 11.6 Å². The van der Waals surface area contributed by atoms with Crippen LogP contribution in [0.3, 0.4) is 0 Å². The highest BCUT2D eigenvalue weighted by molar-refractivity contribution is 7.99. The van der Waals surface area contributed by atoms with Crippen LogP contribution in [-0.2, 0) is 4.74 Å². The number of H-pyrrole nitrogens is 1. The molecule has 0 saturated carbocycles. The van der Waals surface area contributed by atoms with Crippen molar-refractivity contribution in [1.82, 2.24) is 9.97 Å². The van der Waals surface area contributed by atoms with Crippen molar-refractivity contribution < 1.29 is 4.74 Å². The number of nitrogens with one attached hydrogen (secondary N) is 1. The summed E-state index contributed by atoms with van der Waals surface area (Å²) >= 11 is 1.74. The third kappa shape index (κ3) is 2.73. The molecule has 0 aliphatic rings. The van der Waals surface area contributed by atoms with Gasteiger partial charge in [-0.3, -0.25) is 0 Å². The number of benzene rings is 1. The highest BCUT2D eigenvalue weighted by Gasteiger charge is 2.01. The summed E-state index contributed by atoms with van der Waals surface area (Å²) in [6.07, 6.45) is 1.05. The summed E-state index contributed by atoms with van der Waals surface area (Å²) in [6, 6.07) is 8.08. The predicted octanol–water partition coefficient (Wildman–Crippen LogP) is 2.69. The summed E-state index contributed by atoms with van der Waals surface area (Å²) in [4.78, 5) is 7.76. The molecule has 0 unspecified atom stereocenters. The zero-order valence-corrected chi connectivity index (χ0v) is 9.51. The molecule has 1 heterocycles. The second kappa shape index (κ2) is 5.19. The van der Waals surface area contributed by atoms with Crippen LogP contribution in [-0.4, -0.2) is 29.4 Å². The Kier molecular flexibility index (Phi) is 3.64. The highest BCUT2D eigenvalue weighted by Crippen LogP contribution is 2.19. The molecule has 2 rings (SSSR count). The number of methoxy groups -OCH3 is 1. The van der Waals surface area contributed by atoms with Gasteiger partial charge in [0.15, 0.2) is 5.16 Å². The zero-order chi connectivity index (χ0) is 10.5. The highest BCUT2D eigenvalue weighted by atomic mass is 32.2. The van der Waals surface area contributed by atoms with Gasteiger partial charge >= 0.3 is 0 Å². The molecule has 2 aromatic rings. The van der Waals surface area contributed by atoms with Gasteiger partial charge in [-0.05, 0) is 18.6 Å². The molecule has 0 radical (unpaired) electrons. The van der Waals surface area contributed by atoms with Crippen molar-refractivity contribution in [2.75, 3.05) is 19.5 Å². The average Bonchev–Trinajstić information content (AvgIpc) is 2.67.